The van der Waals surface area contributed by atoms with Crippen molar-refractivity contribution in [3.8, 4) is 0 Å². The van der Waals surface area contributed by atoms with Crippen LogP contribution < -0.4 is 11.1 Å². The zero-order valence-corrected chi connectivity index (χ0v) is 11.0. The zero-order chi connectivity index (χ0) is 15.4. The molecular formula is C15H14F2N2O2. The van der Waals surface area contributed by atoms with Gasteiger partial charge in [0, 0.05) is 0 Å². The maximum Gasteiger partial charge on any atom is 0.257 e. The van der Waals surface area contributed by atoms with Crippen molar-refractivity contribution < 1.29 is 18.7 Å². The number of nitrogens with two attached hydrogens (primary N) is 1. The van der Waals surface area contributed by atoms with Gasteiger partial charge in [-0.2, -0.15) is 0 Å². The van der Waals surface area contributed by atoms with E-state index in [4.69, 9.17) is 5.73 Å². The van der Waals surface area contributed by atoms with Gasteiger partial charge in [-0.3, -0.25) is 4.79 Å². The van der Waals surface area contributed by atoms with Crippen LogP contribution in [0, 0.1) is 11.6 Å². The Balaban J connectivity index is 2.27. The lowest BCUT2D eigenvalue weighted by Gasteiger charge is -2.17. The van der Waals surface area contributed by atoms with Crippen LogP contribution in [-0.4, -0.2) is 17.6 Å². The summed E-state index contributed by atoms with van der Waals surface area (Å²) in [6.45, 7) is -0.401. The number of aliphatic hydroxyl groups is 1. The first-order valence-electron chi connectivity index (χ1n) is 6.24. The quantitative estimate of drug-likeness (QED) is 0.755. The third kappa shape index (κ3) is 3.17. The number of carbonyl (C=O) groups excluding carboxylic acids is 1. The molecule has 0 aliphatic carbocycles. The summed E-state index contributed by atoms with van der Waals surface area (Å²) in [5.74, 6) is -3.10. The number of rotatable bonds is 4. The lowest BCUT2D eigenvalue weighted by atomic mass is 10.1. The Hall–Kier alpha value is -2.47. The summed E-state index contributed by atoms with van der Waals surface area (Å²) in [5, 5.41) is 11.7. The van der Waals surface area contributed by atoms with Gasteiger partial charge in [-0.1, -0.05) is 30.3 Å². The van der Waals surface area contributed by atoms with Gasteiger partial charge in [-0.25, -0.2) is 8.78 Å². The van der Waals surface area contributed by atoms with Gasteiger partial charge < -0.3 is 16.2 Å². The van der Waals surface area contributed by atoms with Crippen molar-refractivity contribution in [3.63, 3.8) is 0 Å². The Morgan fingerprint density at radius 2 is 1.86 bits per heavy atom. The number of amides is 1. The Morgan fingerprint density at radius 3 is 2.48 bits per heavy atom. The molecule has 2 rings (SSSR count). The minimum Gasteiger partial charge on any atom is -0.396 e. The highest BCUT2D eigenvalue weighted by Gasteiger charge is 2.22. The molecule has 6 heteroatoms. The van der Waals surface area contributed by atoms with E-state index in [0.717, 1.165) is 12.1 Å². The number of carbonyl (C=O) groups is 1. The number of halogens is 2. The van der Waals surface area contributed by atoms with Gasteiger partial charge in [0.25, 0.3) is 5.91 Å². The van der Waals surface area contributed by atoms with E-state index in [9.17, 15) is 18.7 Å². The third-order valence-electron chi connectivity index (χ3n) is 3.04. The molecule has 110 valence electrons. The van der Waals surface area contributed by atoms with Crippen LogP contribution in [0.4, 0.5) is 14.5 Å². The van der Waals surface area contributed by atoms with Crippen LogP contribution in [-0.2, 0) is 0 Å². The Kier molecular flexibility index (Phi) is 4.49. The first kappa shape index (κ1) is 14.9. The van der Waals surface area contributed by atoms with Crippen LogP contribution in [0.3, 0.4) is 0 Å². The van der Waals surface area contributed by atoms with Gasteiger partial charge in [-0.05, 0) is 17.7 Å². The summed E-state index contributed by atoms with van der Waals surface area (Å²) in [6.07, 6.45) is 0. The number of hydrogen-bond acceptors (Lipinski definition) is 3. The van der Waals surface area contributed by atoms with Crippen molar-refractivity contribution in [2.24, 2.45) is 0 Å². The second kappa shape index (κ2) is 6.32. The molecule has 4 nitrogen and oxygen atoms in total. The number of nitrogen functional groups attached to an aromatic ring is 1. The van der Waals surface area contributed by atoms with Crippen LogP contribution >= 0.6 is 0 Å². The SMILES string of the molecule is Nc1ccc(F)c(C(=O)N[C@@H](CO)c2ccccc2)c1F. The van der Waals surface area contributed by atoms with Crippen LogP contribution in [0.25, 0.3) is 0 Å². The average Bonchev–Trinajstić information content (AvgIpc) is 2.50. The first-order chi connectivity index (χ1) is 10.0. The van der Waals surface area contributed by atoms with E-state index >= 15 is 0 Å². The molecule has 0 bridgehead atoms. The van der Waals surface area contributed by atoms with Crippen LogP contribution in [0.1, 0.15) is 22.0 Å². The molecule has 1 atom stereocenters. The molecule has 21 heavy (non-hydrogen) atoms. The fourth-order valence-corrected chi connectivity index (χ4v) is 1.93. The zero-order valence-electron chi connectivity index (χ0n) is 11.0. The summed E-state index contributed by atoms with van der Waals surface area (Å²) >= 11 is 0. The van der Waals surface area contributed by atoms with Gasteiger partial charge in [-0.15, -0.1) is 0 Å². The second-order valence-corrected chi connectivity index (χ2v) is 4.44. The lowest BCUT2D eigenvalue weighted by molar-refractivity contribution is 0.0907. The van der Waals surface area contributed by atoms with Crippen LogP contribution in [0.2, 0.25) is 0 Å². The van der Waals surface area contributed by atoms with E-state index in [1.54, 1.807) is 30.3 Å². The highest BCUT2D eigenvalue weighted by Crippen LogP contribution is 2.20. The maximum absolute atomic E-state index is 13.8. The molecule has 0 unspecified atom stereocenters. The Bertz CT molecular complexity index is 648. The molecule has 0 aliphatic rings. The molecule has 1 amide bonds. The molecule has 2 aromatic carbocycles. The van der Waals surface area contributed by atoms with Crippen molar-refractivity contribution in [2.75, 3.05) is 12.3 Å². The molecular weight excluding hydrogens is 278 g/mol. The van der Waals surface area contributed by atoms with Crippen molar-refractivity contribution in [1.29, 1.82) is 0 Å². The third-order valence-corrected chi connectivity index (χ3v) is 3.04. The van der Waals surface area contributed by atoms with Crippen molar-refractivity contribution in [2.45, 2.75) is 6.04 Å². The van der Waals surface area contributed by atoms with E-state index in [1.165, 1.54) is 0 Å². The highest BCUT2D eigenvalue weighted by molar-refractivity contribution is 5.96. The predicted octanol–water partition coefficient (Wildman–Crippen LogP) is 2.01. The topological polar surface area (TPSA) is 75.4 Å². The molecule has 0 heterocycles. The molecule has 4 N–H and O–H groups in total. The summed E-state index contributed by atoms with van der Waals surface area (Å²) in [4.78, 5) is 12.0. The Morgan fingerprint density at radius 1 is 1.19 bits per heavy atom. The van der Waals surface area contributed by atoms with Crippen molar-refractivity contribution in [1.82, 2.24) is 5.32 Å². The lowest BCUT2D eigenvalue weighted by Crippen LogP contribution is -2.32. The standard InChI is InChI=1S/C15H14F2N2O2/c16-10-6-7-11(18)14(17)13(10)15(21)19-12(8-20)9-4-2-1-3-5-9/h1-7,12,20H,8,18H2,(H,19,21)/t12-/m0/s1. The largest absolute Gasteiger partial charge is 0.396 e. The Labute approximate surface area is 120 Å². The number of aliphatic hydroxyl groups excluding tert-OH is 1. The molecule has 0 saturated carbocycles. The molecule has 0 fully saturated rings. The number of anilines is 1. The molecule has 0 aliphatic heterocycles. The normalized spacial score (nSPS) is 12.0. The smallest absolute Gasteiger partial charge is 0.257 e. The molecule has 0 saturated heterocycles. The van der Waals surface area contributed by atoms with Gasteiger partial charge >= 0.3 is 0 Å². The molecule has 2 aromatic rings. The van der Waals surface area contributed by atoms with Gasteiger partial charge in [0.1, 0.15) is 11.4 Å². The second-order valence-electron chi connectivity index (χ2n) is 4.44. The van der Waals surface area contributed by atoms with Crippen molar-refractivity contribution >= 4 is 11.6 Å². The van der Waals surface area contributed by atoms with Crippen LogP contribution in [0.15, 0.2) is 42.5 Å². The van der Waals surface area contributed by atoms with Gasteiger partial charge in [0.05, 0.1) is 18.3 Å². The van der Waals surface area contributed by atoms with E-state index in [0.29, 0.717) is 5.56 Å². The fraction of sp³-hybridized carbons (Fsp3) is 0.133. The summed E-state index contributed by atoms with van der Waals surface area (Å²) in [5.41, 5.74) is 4.88. The van der Waals surface area contributed by atoms with Gasteiger partial charge in [0.15, 0.2) is 5.82 Å². The monoisotopic (exact) mass is 292 g/mol. The number of hydrogen-bond donors (Lipinski definition) is 3. The molecule has 0 radical (unpaired) electrons. The maximum atomic E-state index is 13.8. The van der Waals surface area contributed by atoms with Crippen molar-refractivity contribution in [3.05, 3.63) is 65.2 Å². The van der Waals surface area contributed by atoms with E-state index in [1.807, 2.05) is 0 Å². The summed E-state index contributed by atoms with van der Waals surface area (Å²) in [6, 6.07) is 9.81. The molecule has 0 spiro atoms. The van der Waals surface area contributed by atoms with E-state index in [2.05, 4.69) is 5.32 Å². The summed E-state index contributed by atoms with van der Waals surface area (Å²) < 4.78 is 27.4. The number of benzene rings is 2. The van der Waals surface area contributed by atoms with Crippen LogP contribution in [0.5, 0.6) is 0 Å². The predicted molar refractivity (Wildman–Crippen MR) is 74.5 cm³/mol. The number of nitrogens with one attached hydrogen (secondary N) is 1. The summed E-state index contributed by atoms with van der Waals surface area (Å²) in [7, 11) is 0. The first-order valence-corrected chi connectivity index (χ1v) is 6.24. The minimum atomic E-state index is -1.11. The fourth-order valence-electron chi connectivity index (χ4n) is 1.93. The molecule has 0 aromatic heterocycles. The van der Waals surface area contributed by atoms with Gasteiger partial charge in [0.2, 0.25) is 0 Å². The van der Waals surface area contributed by atoms with E-state index < -0.39 is 35.8 Å². The average molecular weight is 292 g/mol. The highest BCUT2D eigenvalue weighted by atomic mass is 19.1. The minimum absolute atomic E-state index is 0.318. The van der Waals surface area contributed by atoms with E-state index in [-0.39, 0.29) is 5.69 Å².